The normalized spacial score (nSPS) is 13.1. The van der Waals surface area contributed by atoms with Gasteiger partial charge in [-0.2, -0.15) is 0 Å². The lowest BCUT2D eigenvalue weighted by Gasteiger charge is -2.36. The van der Waals surface area contributed by atoms with Gasteiger partial charge in [-0.05, 0) is 48.5 Å². The Bertz CT molecular complexity index is 1180. The van der Waals surface area contributed by atoms with Crippen molar-refractivity contribution in [2.24, 2.45) is 0 Å². The molecule has 0 unspecified atom stereocenters. The van der Waals surface area contributed by atoms with Crippen LogP contribution in [0.3, 0.4) is 0 Å². The Morgan fingerprint density at radius 1 is 0.778 bits per heavy atom. The zero-order valence-electron chi connectivity index (χ0n) is 19.4. The van der Waals surface area contributed by atoms with Gasteiger partial charge < -0.3 is 24.0 Å². The second-order valence-electron chi connectivity index (χ2n) is 7.98. The summed E-state index contributed by atoms with van der Waals surface area (Å²) in [5.74, 6) is 0.898. The molecule has 186 valence electrons. The van der Waals surface area contributed by atoms with Crippen molar-refractivity contribution in [3.8, 4) is 17.2 Å². The fourth-order valence-electron chi connectivity index (χ4n) is 3.65. The average Bonchev–Trinajstić information content (AvgIpc) is 2.92. The molecule has 0 bridgehead atoms. The minimum absolute atomic E-state index is 0.0347. The van der Waals surface area contributed by atoms with Gasteiger partial charge in [0.15, 0.2) is 13.2 Å². The van der Waals surface area contributed by atoms with Crippen LogP contribution in [0, 0.1) is 10.1 Å². The third-order valence-corrected chi connectivity index (χ3v) is 5.57. The molecule has 0 atom stereocenters. The number of amides is 1. The Morgan fingerprint density at radius 3 is 2.03 bits per heavy atom. The molecule has 1 aliphatic rings. The van der Waals surface area contributed by atoms with E-state index in [1.54, 1.807) is 41.3 Å². The quantitative estimate of drug-likeness (QED) is 0.253. The Hall–Kier alpha value is -4.60. The molecule has 1 saturated heterocycles. The van der Waals surface area contributed by atoms with Crippen LogP contribution in [0.5, 0.6) is 17.2 Å². The van der Waals surface area contributed by atoms with Crippen LogP contribution in [-0.2, 0) is 14.3 Å². The Labute approximate surface area is 207 Å². The van der Waals surface area contributed by atoms with Crippen molar-refractivity contribution in [2.75, 3.05) is 44.3 Å². The highest BCUT2D eigenvalue weighted by atomic mass is 16.6. The molecule has 3 aromatic rings. The van der Waals surface area contributed by atoms with Crippen molar-refractivity contribution in [1.82, 2.24) is 4.90 Å². The van der Waals surface area contributed by atoms with E-state index in [1.807, 2.05) is 35.2 Å². The fraction of sp³-hybridized carbons (Fsp3) is 0.231. The summed E-state index contributed by atoms with van der Waals surface area (Å²) < 4.78 is 16.2. The number of esters is 1. The summed E-state index contributed by atoms with van der Waals surface area (Å²) >= 11 is 0. The highest BCUT2D eigenvalue weighted by Gasteiger charge is 2.22. The number of benzene rings is 3. The van der Waals surface area contributed by atoms with Gasteiger partial charge in [0.05, 0.1) is 4.92 Å². The summed E-state index contributed by atoms with van der Waals surface area (Å²) in [4.78, 5) is 38.5. The molecule has 1 aliphatic heterocycles. The van der Waals surface area contributed by atoms with Gasteiger partial charge in [0.2, 0.25) is 0 Å². The molecule has 0 N–H and O–H groups in total. The maximum atomic E-state index is 12.4. The lowest BCUT2D eigenvalue weighted by molar-refractivity contribution is -0.384. The summed E-state index contributed by atoms with van der Waals surface area (Å²) in [6.07, 6.45) is 0. The Kier molecular flexibility index (Phi) is 7.97. The molecule has 4 rings (SSSR count). The van der Waals surface area contributed by atoms with E-state index in [2.05, 4.69) is 0 Å². The third-order valence-electron chi connectivity index (χ3n) is 5.57. The maximum absolute atomic E-state index is 12.4. The number of hydrogen-bond donors (Lipinski definition) is 0. The van der Waals surface area contributed by atoms with Crippen molar-refractivity contribution in [1.29, 1.82) is 0 Å². The van der Waals surface area contributed by atoms with Crippen LogP contribution in [0.4, 0.5) is 11.4 Å². The molecular formula is C26H25N3O7. The molecule has 36 heavy (non-hydrogen) atoms. The molecule has 1 fully saturated rings. The number of nitrogens with zero attached hydrogens (tertiary/aromatic N) is 3. The van der Waals surface area contributed by atoms with Crippen molar-refractivity contribution in [3.63, 3.8) is 0 Å². The number of ether oxygens (including phenoxy) is 3. The van der Waals surface area contributed by atoms with Gasteiger partial charge in [-0.3, -0.25) is 14.9 Å². The summed E-state index contributed by atoms with van der Waals surface area (Å²) in [5.41, 5.74) is 0.892. The van der Waals surface area contributed by atoms with Gasteiger partial charge in [-0.1, -0.05) is 18.2 Å². The molecule has 0 radical (unpaired) electrons. The van der Waals surface area contributed by atoms with Crippen molar-refractivity contribution < 1.29 is 28.7 Å². The monoisotopic (exact) mass is 491 g/mol. The number of carbonyl (C=O) groups excluding carboxylic acids is 2. The van der Waals surface area contributed by atoms with Gasteiger partial charge in [0.1, 0.15) is 17.2 Å². The number of non-ortho nitro benzene ring substituents is 1. The van der Waals surface area contributed by atoms with Crippen LogP contribution in [0.25, 0.3) is 0 Å². The number of carbonyl (C=O) groups is 2. The summed E-state index contributed by atoms with van der Waals surface area (Å²) in [5, 5.41) is 10.8. The zero-order valence-corrected chi connectivity index (χ0v) is 19.4. The largest absolute Gasteiger partial charge is 0.482 e. The minimum Gasteiger partial charge on any atom is -0.482 e. The van der Waals surface area contributed by atoms with E-state index < -0.39 is 10.9 Å². The van der Waals surface area contributed by atoms with Crippen LogP contribution in [0.2, 0.25) is 0 Å². The highest BCUT2D eigenvalue weighted by molar-refractivity contribution is 5.81. The molecule has 3 aromatic carbocycles. The third kappa shape index (κ3) is 6.72. The maximum Gasteiger partial charge on any atom is 0.344 e. The number of hydrogen-bond acceptors (Lipinski definition) is 8. The van der Waals surface area contributed by atoms with E-state index in [4.69, 9.17) is 14.2 Å². The summed E-state index contributed by atoms with van der Waals surface area (Å²) in [7, 11) is 0. The molecule has 10 nitrogen and oxygen atoms in total. The number of nitro benzene ring substituents is 1. The van der Waals surface area contributed by atoms with Gasteiger partial charge in [-0.25, -0.2) is 4.79 Å². The first-order valence-corrected chi connectivity index (χ1v) is 11.4. The van der Waals surface area contributed by atoms with E-state index in [0.717, 1.165) is 5.69 Å². The smallest absolute Gasteiger partial charge is 0.344 e. The molecule has 1 heterocycles. The standard InChI is InChI=1S/C26H25N3O7/c30-25(28-16-14-27(15-17-28)20-6-8-21(9-7-20)29(32)33)18-35-26(31)19-34-22-10-12-24(13-11-22)36-23-4-2-1-3-5-23/h1-13H,14-19H2. The lowest BCUT2D eigenvalue weighted by atomic mass is 10.2. The van der Waals surface area contributed by atoms with E-state index >= 15 is 0 Å². The summed E-state index contributed by atoms with van der Waals surface area (Å²) in [6.45, 7) is 1.39. The molecular weight excluding hydrogens is 466 g/mol. The average molecular weight is 492 g/mol. The van der Waals surface area contributed by atoms with Crippen LogP contribution in [0.1, 0.15) is 0 Å². The topological polar surface area (TPSA) is 111 Å². The van der Waals surface area contributed by atoms with Gasteiger partial charge in [-0.15, -0.1) is 0 Å². The van der Waals surface area contributed by atoms with Crippen LogP contribution >= 0.6 is 0 Å². The van der Waals surface area contributed by atoms with Crippen molar-refractivity contribution in [3.05, 3.63) is 89.0 Å². The SMILES string of the molecule is O=C(COc1ccc(Oc2ccccc2)cc1)OCC(=O)N1CCN(c2ccc([N+](=O)[O-])cc2)CC1. The lowest BCUT2D eigenvalue weighted by Crippen LogP contribution is -2.50. The second kappa shape index (κ2) is 11.7. The molecule has 1 amide bonds. The van der Waals surface area contributed by atoms with Crippen molar-refractivity contribution in [2.45, 2.75) is 0 Å². The summed E-state index contributed by atoms with van der Waals surface area (Å²) in [6, 6.07) is 22.5. The number of anilines is 1. The van der Waals surface area contributed by atoms with Crippen LogP contribution in [-0.4, -0.2) is 61.1 Å². The Balaban J connectivity index is 1.15. The molecule has 10 heteroatoms. The molecule has 0 spiro atoms. The first kappa shape index (κ1) is 24.5. The van der Waals surface area contributed by atoms with Gasteiger partial charge in [0, 0.05) is 44.0 Å². The predicted molar refractivity (Wildman–Crippen MR) is 131 cm³/mol. The predicted octanol–water partition coefficient (Wildman–Crippen LogP) is 3.66. The fourth-order valence-corrected chi connectivity index (χ4v) is 3.65. The number of nitro groups is 1. The Morgan fingerprint density at radius 2 is 1.39 bits per heavy atom. The van der Waals surface area contributed by atoms with E-state index in [0.29, 0.717) is 43.4 Å². The van der Waals surface area contributed by atoms with Crippen molar-refractivity contribution >= 4 is 23.3 Å². The molecule has 0 saturated carbocycles. The number of piperazine rings is 1. The molecule has 0 aromatic heterocycles. The number of rotatable bonds is 9. The van der Waals surface area contributed by atoms with E-state index in [9.17, 15) is 19.7 Å². The minimum atomic E-state index is -0.641. The van der Waals surface area contributed by atoms with Crippen LogP contribution < -0.4 is 14.4 Å². The first-order chi connectivity index (χ1) is 17.5. The number of para-hydroxylation sites is 1. The van der Waals surface area contributed by atoms with Gasteiger partial charge >= 0.3 is 5.97 Å². The van der Waals surface area contributed by atoms with Crippen LogP contribution in [0.15, 0.2) is 78.9 Å². The zero-order chi connectivity index (χ0) is 25.3. The first-order valence-electron chi connectivity index (χ1n) is 11.4. The highest BCUT2D eigenvalue weighted by Crippen LogP contribution is 2.24. The van der Waals surface area contributed by atoms with E-state index in [-0.39, 0.29) is 24.8 Å². The van der Waals surface area contributed by atoms with E-state index in [1.165, 1.54) is 12.1 Å². The second-order valence-corrected chi connectivity index (χ2v) is 7.98. The molecule has 0 aliphatic carbocycles. The van der Waals surface area contributed by atoms with Gasteiger partial charge in [0.25, 0.3) is 11.6 Å².